The van der Waals surface area contributed by atoms with Gasteiger partial charge in [-0.2, -0.15) is 0 Å². The molecule has 4 nitrogen and oxygen atoms in total. The number of nitrogens with one attached hydrogen (secondary N) is 1. The van der Waals surface area contributed by atoms with Crippen molar-refractivity contribution >= 4 is 5.97 Å². The van der Waals surface area contributed by atoms with Crippen molar-refractivity contribution in [3.63, 3.8) is 0 Å². The van der Waals surface area contributed by atoms with Gasteiger partial charge in [0.2, 0.25) is 0 Å². The van der Waals surface area contributed by atoms with E-state index in [1.807, 2.05) is 13.8 Å². The molecule has 0 aliphatic heterocycles. The number of aliphatic carboxylic acids is 1. The molecule has 0 aromatic carbocycles. The molecule has 0 aromatic rings. The summed E-state index contributed by atoms with van der Waals surface area (Å²) in [4.78, 5) is 10.4. The van der Waals surface area contributed by atoms with E-state index in [9.17, 15) is 9.90 Å². The zero-order chi connectivity index (χ0) is 11.9. The van der Waals surface area contributed by atoms with Crippen molar-refractivity contribution in [3.8, 4) is 0 Å². The molecule has 4 heteroatoms. The highest BCUT2D eigenvalue weighted by Crippen LogP contribution is 2.14. The SMILES string of the molecule is CCC(CC)(CO)NCC(C)=CC(=O)O. The smallest absolute Gasteiger partial charge is 0.328 e. The number of hydrogen-bond donors (Lipinski definition) is 3. The Kier molecular flexibility index (Phi) is 6.20. The average Bonchev–Trinajstić information content (AvgIpc) is 2.20. The summed E-state index contributed by atoms with van der Waals surface area (Å²) in [5.74, 6) is -0.933. The van der Waals surface area contributed by atoms with Crippen LogP contribution in [0.1, 0.15) is 33.6 Å². The Hall–Kier alpha value is -0.870. The molecule has 0 atom stereocenters. The van der Waals surface area contributed by atoms with E-state index >= 15 is 0 Å². The highest BCUT2D eigenvalue weighted by atomic mass is 16.4. The van der Waals surface area contributed by atoms with Crippen molar-refractivity contribution in [2.24, 2.45) is 0 Å². The number of rotatable bonds is 7. The highest BCUT2D eigenvalue weighted by molar-refractivity contribution is 5.80. The molecule has 0 bridgehead atoms. The lowest BCUT2D eigenvalue weighted by atomic mass is 9.93. The largest absolute Gasteiger partial charge is 0.478 e. The van der Waals surface area contributed by atoms with Crippen LogP contribution in [0.15, 0.2) is 11.6 Å². The van der Waals surface area contributed by atoms with Crippen LogP contribution in [0.2, 0.25) is 0 Å². The lowest BCUT2D eigenvalue weighted by molar-refractivity contribution is -0.131. The third kappa shape index (κ3) is 4.95. The Bertz CT molecular complexity index is 224. The zero-order valence-corrected chi connectivity index (χ0v) is 9.71. The molecule has 0 rings (SSSR count). The molecule has 0 fully saturated rings. The minimum Gasteiger partial charge on any atom is -0.478 e. The molecule has 0 saturated carbocycles. The number of carboxylic acids is 1. The third-order valence-electron chi connectivity index (χ3n) is 2.77. The lowest BCUT2D eigenvalue weighted by Crippen LogP contribution is -2.48. The molecule has 0 spiro atoms. The molecule has 0 heterocycles. The Labute approximate surface area is 91.0 Å². The number of carboxylic acid groups (broad SMARTS) is 1. The van der Waals surface area contributed by atoms with Crippen LogP contribution in [0.4, 0.5) is 0 Å². The summed E-state index contributed by atoms with van der Waals surface area (Å²) in [5, 5.41) is 21.0. The minimum atomic E-state index is -0.933. The fourth-order valence-electron chi connectivity index (χ4n) is 1.37. The first kappa shape index (κ1) is 14.1. The van der Waals surface area contributed by atoms with Crippen LogP contribution in [0.3, 0.4) is 0 Å². The fourth-order valence-corrected chi connectivity index (χ4v) is 1.37. The van der Waals surface area contributed by atoms with Gasteiger partial charge in [0.05, 0.1) is 6.61 Å². The number of aliphatic hydroxyl groups excluding tert-OH is 1. The molecule has 0 aromatic heterocycles. The predicted molar refractivity (Wildman–Crippen MR) is 59.8 cm³/mol. The predicted octanol–water partition coefficient (Wildman–Crippen LogP) is 1.16. The molecule has 0 amide bonds. The van der Waals surface area contributed by atoms with Crippen molar-refractivity contribution in [1.82, 2.24) is 5.32 Å². The van der Waals surface area contributed by atoms with Crippen LogP contribution in [0.25, 0.3) is 0 Å². The van der Waals surface area contributed by atoms with Crippen molar-refractivity contribution in [2.75, 3.05) is 13.2 Å². The molecule has 0 radical (unpaired) electrons. The Morgan fingerprint density at radius 3 is 2.27 bits per heavy atom. The van der Waals surface area contributed by atoms with E-state index < -0.39 is 5.97 Å². The summed E-state index contributed by atoms with van der Waals surface area (Å²) in [6.07, 6.45) is 2.82. The van der Waals surface area contributed by atoms with Crippen molar-refractivity contribution < 1.29 is 15.0 Å². The van der Waals surface area contributed by atoms with E-state index in [1.54, 1.807) is 6.92 Å². The molecule has 0 unspecified atom stereocenters. The number of carbonyl (C=O) groups is 1. The standard InChI is InChI=1S/C11H21NO3/c1-4-11(5-2,8-13)12-7-9(3)6-10(14)15/h6,12-13H,4-5,7-8H2,1-3H3,(H,14,15). The molecule has 0 aliphatic carbocycles. The molecule has 0 aliphatic rings. The summed E-state index contributed by atoms with van der Waals surface area (Å²) in [6, 6.07) is 0. The van der Waals surface area contributed by atoms with E-state index in [0.29, 0.717) is 6.54 Å². The van der Waals surface area contributed by atoms with E-state index in [1.165, 1.54) is 6.08 Å². The number of hydrogen-bond acceptors (Lipinski definition) is 3. The van der Waals surface area contributed by atoms with Gasteiger partial charge in [-0.25, -0.2) is 4.79 Å². The summed E-state index contributed by atoms with van der Waals surface area (Å²) in [5.41, 5.74) is 0.468. The van der Waals surface area contributed by atoms with E-state index in [0.717, 1.165) is 18.4 Å². The van der Waals surface area contributed by atoms with Gasteiger partial charge >= 0.3 is 5.97 Å². The van der Waals surface area contributed by atoms with Crippen molar-refractivity contribution in [1.29, 1.82) is 0 Å². The topological polar surface area (TPSA) is 69.6 Å². The van der Waals surface area contributed by atoms with Crippen LogP contribution in [-0.2, 0) is 4.79 Å². The van der Waals surface area contributed by atoms with Gasteiger partial charge in [0, 0.05) is 18.2 Å². The van der Waals surface area contributed by atoms with Crippen LogP contribution >= 0.6 is 0 Å². The van der Waals surface area contributed by atoms with Crippen molar-refractivity contribution in [3.05, 3.63) is 11.6 Å². The average molecular weight is 215 g/mol. The molecule has 3 N–H and O–H groups in total. The number of aliphatic hydroxyl groups is 1. The maximum absolute atomic E-state index is 10.4. The second kappa shape index (κ2) is 6.58. The summed E-state index contributed by atoms with van der Waals surface area (Å²) >= 11 is 0. The first-order valence-electron chi connectivity index (χ1n) is 5.25. The van der Waals surface area contributed by atoms with E-state index in [2.05, 4.69) is 5.32 Å². The highest BCUT2D eigenvalue weighted by Gasteiger charge is 2.23. The second-order valence-corrected chi connectivity index (χ2v) is 3.83. The van der Waals surface area contributed by atoms with Crippen LogP contribution in [-0.4, -0.2) is 34.9 Å². The molecule has 15 heavy (non-hydrogen) atoms. The van der Waals surface area contributed by atoms with Gasteiger partial charge in [-0.15, -0.1) is 0 Å². The van der Waals surface area contributed by atoms with Crippen LogP contribution in [0, 0.1) is 0 Å². The van der Waals surface area contributed by atoms with Gasteiger partial charge in [-0.1, -0.05) is 19.4 Å². The summed E-state index contributed by atoms with van der Waals surface area (Å²) < 4.78 is 0. The first-order valence-corrected chi connectivity index (χ1v) is 5.25. The lowest BCUT2D eigenvalue weighted by Gasteiger charge is -2.31. The Morgan fingerprint density at radius 1 is 1.40 bits per heavy atom. The molecular formula is C11H21NO3. The minimum absolute atomic E-state index is 0.0698. The maximum Gasteiger partial charge on any atom is 0.328 e. The molecular weight excluding hydrogens is 194 g/mol. The fraction of sp³-hybridized carbons (Fsp3) is 0.727. The van der Waals surface area contributed by atoms with Crippen molar-refractivity contribution in [2.45, 2.75) is 39.2 Å². The van der Waals surface area contributed by atoms with Crippen LogP contribution < -0.4 is 5.32 Å². The van der Waals surface area contributed by atoms with Gasteiger partial charge in [0.15, 0.2) is 0 Å². The van der Waals surface area contributed by atoms with E-state index in [-0.39, 0.29) is 12.1 Å². The zero-order valence-electron chi connectivity index (χ0n) is 9.71. The summed E-state index contributed by atoms with van der Waals surface area (Å²) in [6.45, 7) is 6.33. The van der Waals surface area contributed by atoms with E-state index in [4.69, 9.17) is 5.11 Å². The maximum atomic E-state index is 10.4. The normalized spacial score (nSPS) is 12.9. The Balaban J connectivity index is 4.28. The Morgan fingerprint density at radius 2 is 1.93 bits per heavy atom. The van der Waals surface area contributed by atoms with Crippen LogP contribution in [0.5, 0.6) is 0 Å². The third-order valence-corrected chi connectivity index (χ3v) is 2.77. The summed E-state index contributed by atoms with van der Waals surface area (Å²) in [7, 11) is 0. The first-order chi connectivity index (χ1) is 6.99. The molecule has 0 saturated heterocycles. The second-order valence-electron chi connectivity index (χ2n) is 3.83. The van der Waals surface area contributed by atoms with Gasteiger partial charge in [-0.3, -0.25) is 0 Å². The monoisotopic (exact) mass is 215 g/mol. The van der Waals surface area contributed by atoms with Gasteiger partial charge < -0.3 is 15.5 Å². The van der Waals surface area contributed by atoms with Gasteiger partial charge in [-0.05, 0) is 19.8 Å². The van der Waals surface area contributed by atoms with Gasteiger partial charge in [0.25, 0.3) is 0 Å². The van der Waals surface area contributed by atoms with Gasteiger partial charge in [0.1, 0.15) is 0 Å². The molecule has 88 valence electrons. The quantitative estimate of drug-likeness (QED) is 0.557.